The van der Waals surface area contributed by atoms with Crippen LogP contribution in [0.15, 0.2) is 54.9 Å². The molecular formula is C21H25N3O3. The van der Waals surface area contributed by atoms with Gasteiger partial charge in [0.15, 0.2) is 0 Å². The zero-order valence-corrected chi connectivity index (χ0v) is 15.3. The molecule has 142 valence electrons. The summed E-state index contributed by atoms with van der Waals surface area (Å²) < 4.78 is 5.60. The summed E-state index contributed by atoms with van der Waals surface area (Å²) >= 11 is 0. The molecule has 1 saturated heterocycles. The summed E-state index contributed by atoms with van der Waals surface area (Å²) in [5, 5.41) is 2.96. The van der Waals surface area contributed by atoms with Gasteiger partial charge in [-0.1, -0.05) is 18.2 Å². The molecule has 1 aromatic carbocycles. The highest BCUT2D eigenvalue weighted by Crippen LogP contribution is 2.17. The number of nitrogens with zero attached hydrogens (tertiary/aromatic N) is 2. The summed E-state index contributed by atoms with van der Waals surface area (Å²) in [6.45, 7) is 2.49. The van der Waals surface area contributed by atoms with E-state index in [-0.39, 0.29) is 11.8 Å². The van der Waals surface area contributed by atoms with E-state index < -0.39 is 0 Å². The van der Waals surface area contributed by atoms with Gasteiger partial charge in [-0.25, -0.2) is 0 Å². The molecule has 1 aliphatic heterocycles. The number of pyridine rings is 1. The molecule has 3 rings (SSSR count). The number of piperidine rings is 1. The summed E-state index contributed by atoms with van der Waals surface area (Å²) in [6.07, 6.45) is 5.40. The largest absolute Gasteiger partial charge is 0.493 e. The van der Waals surface area contributed by atoms with Gasteiger partial charge in [-0.05, 0) is 43.0 Å². The lowest BCUT2D eigenvalue weighted by Gasteiger charge is -2.32. The first-order chi connectivity index (χ1) is 13.2. The first-order valence-corrected chi connectivity index (χ1v) is 9.36. The minimum Gasteiger partial charge on any atom is -0.493 e. The second-order valence-electron chi connectivity index (χ2n) is 6.69. The molecule has 6 nitrogen and oxygen atoms in total. The van der Waals surface area contributed by atoms with Crippen molar-refractivity contribution < 1.29 is 14.3 Å². The SMILES string of the molecule is O=C(NCC1CCN(C(=O)CCOc2ccccc2)CC1)c1cccnc1. The Balaban J connectivity index is 1.33. The van der Waals surface area contributed by atoms with E-state index in [0.29, 0.717) is 31.1 Å². The van der Waals surface area contributed by atoms with Crippen LogP contribution in [-0.4, -0.2) is 47.9 Å². The number of carbonyl (C=O) groups excluding carboxylic acids is 2. The highest BCUT2D eigenvalue weighted by molar-refractivity contribution is 5.93. The minimum atomic E-state index is -0.0975. The first kappa shape index (κ1) is 18.9. The van der Waals surface area contributed by atoms with Gasteiger partial charge >= 0.3 is 0 Å². The van der Waals surface area contributed by atoms with Crippen LogP contribution in [0.4, 0.5) is 0 Å². The monoisotopic (exact) mass is 367 g/mol. The van der Waals surface area contributed by atoms with Gasteiger partial charge in [0.2, 0.25) is 5.91 Å². The molecule has 0 unspecified atom stereocenters. The predicted octanol–water partition coefficient (Wildman–Crippen LogP) is 2.52. The van der Waals surface area contributed by atoms with E-state index in [2.05, 4.69) is 10.3 Å². The third-order valence-corrected chi connectivity index (χ3v) is 4.77. The molecule has 1 fully saturated rings. The Morgan fingerprint density at radius 2 is 1.89 bits per heavy atom. The molecule has 0 bridgehead atoms. The molecule has 1 aliphatic rings. The minimum absolute atomic E-state index is 0.0975. The number of hydrogen-bond donors (Lipinski definition) is 1. The highest BCUT2D eigenvalue weighted by Gasteiger charge is 2.23. The van der Waals surface area contributed by atoms with Gasteiger partial charge in [0, 0.05) is 32.0 Å². The first-order valence-electron chi connectivity index (χ1n) is 9.36. The molecule has 0 spiro atoms. The Morgan fingerprint density at radius 1 is 1.11 bits per heavy atom. The number of nitrogens with one attached hydrogen (secondary N) is 1. The average molecular weight is 367 g/mol. The van der Waals surface area contributed by atoms with Crippen LogP contribution >= 0.6 is 0 Å². The Labute approximate surface area is 159 Å². The van der Waals surface area contributed by atoms with Gasteiger partial charge in [0.25, 0.3) is 5.91 Å². The fourth-order valence-corrected chi connectivity index (χ4v) is 3.15. The molecule has 27 heavy (non-hydrogen) atoms. The van der Waals surface area contributed by atoms with Gasteiger partial charge in [-0.3, -0.25) is 14.6 Å². The van der Waals surface area contributed by atoms with E-state index in [4.69, 9.17) is 4.74 Å². The van der Waals surface area contributed by atoms with Crippen LogP contribution in [0.2, 0.25) is 0 Å². The van der Waals surface area contributed by atoms with Crippen LogP contribution in [0, 0.1) is 5.92 Å². The zero-order chi connectivity index (χ0) is 18.9. The van der Waals surface area contributed by atoms with E-state index >= 15 is 0 Å². The lowest BCUT2D eigenvalue weighted by Crippen LogP contribution is -2.41. The second kappa shape index (κ2) is 9.71. The van der Waals surface area contributed by atoms with Crippen molar-refractivity contribution in [2.24, 2.45) is 5.92 Å². The number of benzene rings is 1. The predicted molar refractivity (Wildman–Crippen MR) is 102 cm³/mol. The molecule has 2 heterocycles. The molecule has 1 N–H and O–H groups in total. The number of hydrogen-bond acceptors (Lipinski definition) is 4. The fraction of sp³-hybridized carbons (Fsp3) is 0.381. The molecule has 0 atom stereocenters. The number of rotatable bonds is 7. The van der Waals surface area contributed by atoms with Crippen molar-refractivity contribution in [1.82, 2.24) is 15.2 Å². The molecule has 2 amide bonds. The molecule has 0 aliphatic carbocycles. The van der Waals surface area contributed by atoms with Crippen molar-refractivity contribution in [2.45, 2.75) is 19.3 Å². The summed E-state index contributed by atoms with van der Waals surface area (Å²) in [5.41, 5.74) is 0.573. The zero-order valence-electron chi connectivity index (χ0n) is 15.3. The van der Waals surface area contributed by atoms with Gasteiger partial charge < -0.3 is 15.0 Å². The number of ether oxygens (including phenoxy) is 1. The van der Waals surface area contributed by atoms with E-state index in [1.165, 1.54) is 0 Å². The number of carbonyl (C=O) groups is 2. The maximum atomic E-state index is 12.3. The van der Waals surface area contributed by atoms with Crippen LogP contribution in [0.25, 0.3) is 0 Å². The van der Waals surface area contributed by atoms with E-state index in [1.807, 2.05) is 35.2 Å². The molecule has 6 heteroatoms. The number of aromatic nitrogens is 1. The van der Waals surface area contributed by atoms with Crippen molar-refractivity contribution in [1.29, 1.82) is 0 Å². The third kappa shape index (κ3) is 5.81. The van der Waals surface area contributed by atoms with Crippen LogP contribution < -0.4 is 10.1 Å². The number of amides is 2. The molecule has 2 aromatic rings. The second-order valence-corrected chi connectivity index (χ2v) is 6.69. The fourth-order valence-electron chi connectivity index (χ4n) is 3.15. The number of likely N-dealkylation sites (tertiary alicyclic amines) is 1. The molecular weight excluding hydrogens is 342 g/mol. The summed E-state index contributed by atoms with van der Waals surface area (Å²) in [5.74, 6) is 1.21. The topological polar surface area (TPSA) is 71.5 Å². The average Bonchev–Trinajstić information content (AvgIpc) is 2.73. The Kier molecular flexibility index (Phi) is 6.79. The normalized spacial score (nSPS) is 14.6. The van der Waals surface area contributed by atoms with Gasteiger partial charge in [0.05, 0.1) is 18.6 Å². The summed E-state index contributed by atoms with van der Waals surface area (Å²) in [6, 6.07) is 13.0. The smallest absolute Gasteiger partial charge is 0.252 e. The Bertz CT molecular complexity index is 729. The summed E-state index contributed by atoms with van der Waals surface area (Å²) in [4.78, 5) is 30.2. The molecule has 0 saturated carbocycles. The van der Waals surface area contributed by atoms with Crippen molar-refractivity contribution >= 4 is 11.8 Å². The number of para-hydroxylation sites is 1. The lowest BCUT2D eigenvalue weighted by atomic mass is 9.96. The van der Waals surface area contributed by atoms with Gasteiger partial charge in [-0.15, -0.1) is 0 Å². The van der Waals surface area contributed by atoms with Crippen LogP contribution in [0.3, 0.4) is 0 Å². The summed E-state index contributed by atoms with van der Waals surface area (Å²) in [7, 11) is 0. The Morgan fingerprint density at radius 3 is 2.59 bits per heavy atom. The van der Waals surface area contributed by atoms with E-state index in [9.17, 15) is 9.59 Å². The van der Waals surface area contributed by atoms with Gasteiger partial charge in [-0.2, -0.15) is 0 Å². The van der Waals surface area contributed by atoms with Crippen LogP contribution in [-0.2, 0) is 4.79 Å². The van der Waals surface area contributed by atoms with Crippen molar-refractivity contribution in [2.75, 3.05) is 26.2 Å². The standard InChI is InChI=1S/C21H25N3O3/c25-20(10-14-27-19-6-2-1-3-7-19)24-12-8-17(9-13-24)15-23-21(26)18-5-4-11-22-16-18/h1-7,11,16-17H,8-10,12-15H2,(H,23,26). The Hall–Kier alpha value is -2.89. The lowest BCUT2D eigenvalue weighted by molar-refractivity contribution is -0.133. The maximum Gasteiger partial charge on any atom is 0.252 e. The highest BCUT2D eigenvalue weighted by atomic mass is 16.5. The quantitative estimate of drug-likeness (QED) is 0.816. The van der Waals surface area contributed by atoms with Crippen LogP contribution in [0.1, 0.15) is 29.6 Å². The van der Waals surface area contributed by atoms with Gasteiger partial charge in [0.1, 0.15) is 5.75 Å². The third-order valence-electron chi connectivity index (χ3n) is 4.77. The van der Waals surface area contributed by atoms with Crippen molar-refractivity contribution in [3.05, 3.63) is 60.4 Å². The van der Waals surface area contributed by atoms with E-state index in [1.54, 1.807) is 24.5 Å². The molecule has 1 aromatic heterocycles. The van der Waals surface area contributed by atoms with Crippen molar-refractivity contribution in [3.8, 4) is 5.75 Å². The van der Waals surface area contributed by atoms with Crippen molar-refractivity contribution in [3.63, 3.8) is 0 Å². The molecule has 0 radical (unpaired) electrons. The van der Waals surface area contributed by atoms with Crippen LogP contribution in [0.5, 0.6) is 5.75 Å². The maximum absolute atomic E-state index is 12.3. The van der Waals surface area contributed by atoms with E-state index in [0.717, 1.165) is 31.7 Å².